The highest BCUT2D eigenvalue weighted by molar-refractivity contribution is 6.31. The highest BCUT2D eigenvalue weighted by Gasteiger charge is 2.14. The van der Waals surface area contributed by atoms with Gasteiger partial charge in [-0.15, -0.1) is 0 Å². The van der Waals surface area contributed by atoms with Gasteiger partial charge in [0.2, 0.25) is 0 Å². The van der Waals surface area contributed by atoms with Crippen LogP contribution in [0.25, 0.3) is 0 Å². The molecule has 0 saturated carbocycles. The van der Waals surface area contributed by atoms with Crippen LogP contribution in [0.1, 0.15) is 17.7 Å². The second-order valence-corrected chi connectivity index (χ2v) is 5.19. The standard InChI is InChI=1S/C16H14ClN3O2/c17-12-5-6-15(20-13(12)9-18)19-10-11-3-1-4-14-16(11)22-8-2-7-21-14/h1,3-6H,2,7-8,10H2,(H,19,20). The number of hydrogen-bond donors (Lipinski definition) is 1. The average Bonchev–Trinajstić information content (AvgIpc) is 2.79. The van der Waals surface area contributed by atoms with Crippen molar-refractivity contribution in [1.82, 2.24) is 4.98 Å². The molecular weight excluding hydrogens is 302 g/mol. The van der Waals surface area contributed by atoms with Crippen molar-refractivity contribution in [2.24, 2.45) is 0 Å². The normalized spacial score (nSPS) is 13.1. The molecular formula is C16H14ClN3O2. The van der Waals surface area contributed by atoms with Crippen molar-refractivity contribution < 1.29 is 9.47 Å². The summed E-state index contributed by atoms with van der Waals surface area (Å²) in [6.07, 6.45) is 0.867. The maximum absolute atomic E-state index is 8.96. The minimum absolute atomic E-state index is 0.207. The van der Waals surface area contributed by atoms with Gasteiger partial charge in [-0.1, -0.05) is 23.7 Å². The first-order valence-electron chi connectivity index (χ1n) is 6.96. The molecule has 3 rings (SSSR count). The molecule has 2 heterocycles. The lowest BCUT2D eigenvalue weighted by molar-refractivity contribution is 0.296. The Morgan fingerprint density at radius 3 is 2.95 bits per heavy atom. The Morgan fingerprint density at radius 1 is 1.23 bits per heavy atom. The summed E-state index contributed by atoms with van der Waals surface area (Å²) in [6, 6.07) is 11.2. The van der Waals surface area contributed by atoms with E-state index in [1.807, 2.05) is 24.3 Å². The van der Waals surface area contributed by atoms with Gasteiger partial charge < -0.3 is 14.8 Å². The van der Waals surface area contributed by atoms with Crippen LogP contribution in [0.4, 0.5) is 5.82 Å². The number of nitriles is 1. The van der Waals surface area contributed by atoms with E-state index in [0.29, 0.717) is 30.6 Å². The second kappa shape index (κ2) is 6.54. The molecule has 0 saturated heterocycles. The predicted octanol–water partition coefficient (Wildman–Crippen LogP) is 3.38. The zero-order chi connectivity index (χ0) is 15.4. The number of nitrogens with one attached hydrogen (secondary N) is 1. The quantitative estimate of drug-likeness (QED) is 0.940. The summed E-state index contributed by atoms with van der Waals surface area (Å²) in [5.41, 5.74) is 1.19. The minimum atomic E-state index is 0.207. The van der Waals surface area contributed by atoms with E-state index in [1.165, 1.54) is 0 Å². The van der Waals surface area contributed by atoms with E-state index in [2.05, 4.69) is 10.3 Å². The van der Waals surface area contributed by atoms with Gasteiger partial charge in [0.15, 0.2) is 17.2 Å². The summed E-state index contributed by atoms with van der Waals surface area (Å²) in [7, 11) is 0. The molecule has 0 bridgehead atoms. The molecule has 0 aliphatic carbocycles. The van der Waals surface area contributed by atoms with Crippen LogP contribution in [0, 0.1) is 11.3 Å². The molecule has 1 aromatic carbocycles. The summed E-state index contributed by atoms with van der Waals surface area (Å²) in [5, 5.41) is 12.5. The zero-order valence-corrected chi connectivity index (χ0v) is 12.6. The van der Waals surface area contributed by atoms with Gasteiger partial charge in [0, 0.05) is 18.5 Å². The summed E-state index contributed by atoms with van der Waals surface area (Å²) in [5.74, 6) is 2.12. The van der Waals surface area contributed by atoms with Crippen molar-refractivity contribution in [3.05, 3.63) is 46.6 Å². The number of halogens is 1. The van der Waals surface area contributed by atoms with Crippen molar-refractivity contribution in [3.63, 3.8) is 0 Å². The Balaban J connectivity index is 1.78. The molecule has 1 N–H and O–H groups in total. The lowest BCUT2D eigenvalue weighted by Crippen LogP contribution is -2.05. The van der Waals surface area contributed by atoms with Crippen LogP contribution in [0.3, 0.4) is 0 Å². The zero-order valence-electron chi connectivity index (χ0n) is 11.8. The van der Waals surface area contributed by atoms with E-state index in [9.17, 15) is 0 Å². The largest absolute Gasteiger partial charge is 0.490 e. The van der Waals surface area contributed by atoms with Crippen LogP contribution in [-0.2, 0) is 6.54 Å². The molecule has 0 unspecified atom stereocenters. The van der Waals surface area contributed by atoms with Crippen LogP contribution in [-0.4, -0.2) is 18.2 Å². The minimum Gasteiger partial charge on any atom is -0.490 e. The summed E-state index contributed by atoms with van der Waals surface area (Å²) < 4.78 is 11.4. The van der Waals surface area contributed by atoms with Gasteiger partial charge in [-0.05, 0) is 18.2 Å². The van der Waals surface area contributed by atoms with Gasteiger partial charge in [0.25, 0.3) is 0 Å². The molecule has 0 atom stereocenters. The fourth-order valence-electron chi connectivity index (χ4n) is 2.20. The molecule has 6 heteroatoms. The smallest absolute Gasteiger partial charge is 0.166 e. The third-order valence-electron chi connectivity index (χ3n) is 3.26. The molecule has 0 spiro atoms. The van der Waals surface area contributed by atoms with Crippen LogP contribution >= 0.6 is 11.6 Å². The summed E-state index contributed by atoms with van der Waals surface area (Å²) >= 11 is 5.88. The first-order valence-corrected chi connectivity index (χ1v) is 7.34. The van der Waals surface area contributed by atoms with Crippen LogP contribution in [0.15, 0.2) is 30.3 Å². The van der Waals surface area contributed by atoms with E-state index < -0.39 is 0 Å². The van der Waals surface area contributed by atoms with E-state index in [1.54, 1.807) is 12.1 Å². The number of para-hydroxylation sites is 1. The number of benzene rings is 1. The highest BCUT2D eigenvalue weighted by Crippen LogP contribution is 2.33. The number of ether oxygens (including phenoxy) is 2. The van der Waals surface area contributed by atoms with E-state index in [0.717, 1.165) is 23.5 Å². The molecule has 1 aromatic heterocycles. The van der Waals surface area contributed by atoms with Crippen molar-refractivity contribution in [3.8, 4) is 17.6 Å². The number of pyridine rings is 1. The fourth-order valence-corrected chi connectivity index (χ4v) is 2.35. The number of aromatic nitrogens is 1. The molecule has 0 fully saturated rings. The lowest BCUT2D eigenvalue weighted by Gasteiger charge is -2.13. The first kappa shape index (κ1) is 14.5. The molecule has 1 aliphatic heterocycles. The number of fused-ring (bicyclic) bond motifs is 1. The highest BCUT2D eigenvalue weighted by atomic mass is 35.5. The van der Waals surface area contributed by atoms with Crippen molar-refractivity contribution in [2.75, 3.05) is 18.5 Å². The van der Waals surface area contributed by atoms with Gasteiger partial charge in [-0.2, -0.15) is 5.26 Å². The van der Waals surface area contributed by atoms with Crippen LogP contribution in [0.5, 0.6) is 11.5 Å². The molecule has 5 nitrogen and oxygen atoms in total. The van der Waals surface area contributed by atoms with Gasteiger partial charge in [-0.25, -0.2) is 4.98 Å². The van der Waals surface area contributed by atoms with E-state index in [-0.39, 0.29) is 5.69 Å². The van der Waals surface area contributed by atoms with Gasteiger partial charge >= 0.3 is 0 Å². The first-order chi connectivity index (χ1) is 10.8. The Kier molecular flexibility index (Phi) is 4.31. The summed E-state index contributed by atoms with van der Waals surface area (Å²) in [4.78, 5) is 4.16. The van der Waals surface area contributed by atoms with E-state index >= 15 is 0 Å². The Bertz CT molecular complexity index is 728. The number of anilines is 1. The number of nitrogens with zero attached hydrogens (tertiary/aromatic N) is 2. The number of hydrogen-bond acceptors (Lipinski definition) is 5. The monoisotopic (exact) mass is 315 g/mol. The maximum Gasteiger partial charge on any atom is 0.166 e. The SMILES string of the molecule is N#Cc1nc(NCc2cccc3c2OCCCO3)ccc1Cl. The third kappa shape index (κ3) is 3.07. The Hall–Kier alpha value is -2.45. The second-order valence-electron chi connectivity index (χ2n) is 4.79. The predicted molar refractivity (Wildman–Crippen MR) is 83.3 cm³/mol. The molecule has 0 amide bonds. The lowest BCUT2D eigenvalue weighted by atomic mass is 10.2. The average molecular weight is 316 g/mol. The summed E-state index contributed by atoms with van der Waals surface area (Å²) in [6.45, 7) is 1.82. The van der Waals surface area contributed by atoms with Crippen LogP contribution in [0.2, 0.25) is 5.02 Å². The van der Waals surface area contributed by atoms with E-state index in [4.69, 9.17) is 26.3 Å². The van der Waals surface area contributed by atoms with Gasteiger partial charge in [0.05, 0.1) is 18.2 Å². The third-order valence-corrected chi connectivity index (χ3v) is 3.57. The van der Waals surface area contributed by atoms with Gasteiger partial charge in [0.1, 0.15) is 11.9 Å². The Labute approximate surface area is 133 Å². The molecule has 1 aliphatic rings. The topological polar surface area (TPSA) is 67.2 Å². The molecule has 0 radical (unpaired) electrons. The van der Waals surface area contributed by atoms with Crippen molar-refractivity contribution >= 4 is 17.4 Å². The maximum atomic E-state index is 8.96. The number of rotatable bonds is 3. The van der Waals surface area contributed by atoms with Crippen molar-refractivity contribution in [1.29, 1.82) is 5.26 Å². The van der Waals surface area contributed by atoms with Crippen molar-refractivity contribution in [2.45, 2.75) is 13.0 Å². The molecule has 22 heavy (non-hydrogen) atoms. The molecule has 112 valence electrons. The molecule has 2 aromatic rings. The Morgan fingerprint density at radius 2 is 2.09 bits per heavy atom. The fraction of sp³-hybridized carbons (Fsp3) is 0.250. The van der Waals surface area contributed by atoms with Gasteiger partial charge in [-0.3, -0.25) is 0 Å². The van der Waals surface area contributed by atoms with Crippen LogP contribution < -0.4 is 14.8 Å².